The quantitative estimate of drug-likeness (QED) is 0.760. The molecule has 0 bridgehead atoms. The first-order chi connectivity index (χ1) is 13.1. The molecule has 5 heteroatoms. The molecule has 1 aliphatic rings. The molecule has 144 valence electrons. The van der Waals surface area contributed by atoms with Crippen molar-refractivity contribution in [2.24, 2.45) is 0 Å². The largest absolute Gasteiger partial charge is 0.493 e. The Morgan fingerprint density at radius 3 is 2.59 bits per heavy atom. The molecule has 2 aromatic rings. The topological polar surface area (TPSA) is 44.8 Å². The molecule has 0 saturated carbocycles. The molecule has 1 fully saturated rings. The first kappa shape index (κ1) is 19.2. The average molecular weight is 367 g/mol. The Hall–Kier alpha value is -2.53. The number of benzene rings is 2. The lowest BCUT2D eigenvalue weighted by Gasteiger charge is -2.36. The van der Waals surface area contributed by atoms with E-state index in [0.29, 0.717) is 6.61 Å². The summed E-state index contributed by atoms with van der Waals surface area (Å²) >= 11 is 0. The zero-order chi connectivity index (χ0) is 19.1. The van der Waals surface area contributed by atoms with Crippen LogP contribution in [0.15, 0.2) is 48.5 Å². The van der Waals surface area contributed by atoms with Gasteiger partial charge in [0.05, 0.1) is 6.61 Å². The fraction of sp³-hybridized carbons (Fsp3) is 0.409. The molecule has 1 saturated heterocycles. The number of carbonyl (C=O) groups is 1. The van der Waals surface area contributed by atoms with Crippen LogP contribution in [0.1, 0.15) is 18.9 Å². The summed E-state index contributed by atoms with van der Waals surface area (Å²) in [7, 11) is 0. The molecule has 1 N–H and O–H groups in total. The van der Waals surface area contributed by atoms with Crippen LogP contribution < -0.4 is 15.0 Å². The summed E-state index contributed by atoms with van der Waals surface area (Å²) in [6.45, 7) is 9.70. The van der Waals surface area contributed by atoms with Gasteiger partial charge in [-0.15, -0.1) is 0 Å². The summed E-state index contributed by atoms with van der Waals surface area (Å²) in [6.07, 6.45) is 0.995. The van der Waals surface area contributed by atoms with E-state index in [1.165, 1.54) is 18.2 Å². The van der Waals surface area contributed by atoms with E-state index in [4.69, 9.17) is 4.74 Å². The van der Waals surface area contributed by atoms with Gasteiger partial charge in [0.1, 0.15) is 5.75 Å². The molecule has 0 unspecified atom stereocenters. The van der Waals surface area contributed by atoms with E-state index in [0.717, 1.165) is 50.6 Å². The lowest BCUT2D eigenvalue weighted by Crippen LogP contribution is -2.46. The minimum absolute atomic E-state index is 0.0723. The third-order valence-corrected chi connectivity index (χ3v) is 4.78. The van der Waals surface area contributed by atoms with E-state index in [1.54, 1.807) is 0 Å². The van der Waals surface area contributed by atoms with Crippen LogP contribution in [0.5, 0.6) is 5.75 Å². The molecular weight excluding hydrogens is 338 g/mol. The molecular formula is C22H29N3O2. The molecule has 0 aromatic heterocycles. The van der Waals surface area contributed by atoms with Crippen molar-refractivity contribution in [3.8, 4) is 5.75 Å². The Labute approximate surface area is 161 Å². The maximum atomic E-state index is 11.1. The van der Waals surface area contributed by atoms with Crippen molar-refractivity contribution in [1.29, 1.82) is 0 Å². The first-order valence-electron chi connectivity index (χ1n) is 9.64. The highest BCUT2D eigenvalue weighted by atomic mass is 16.5. The van der Waals surface area contributed by atoms with Crippen LogP contribution in [-0.2, 0) is 4.79 Å². The molecule has 3 rings (SSSR count). The number of anilines is 2. The summed E-state index contributed by atoms with van der Waals surface area (Å²) in [4.78, 5) is 16.1. The zero-order valence-corrected chi connectivity index (χ0v) is 16.3. The van der Waals surface area contributed by atoms with Crippen LogP contribution in [0.4, 0.5) is 11.4 Å². The van der Waals surface area contributed by atoms with Crippen molar-refractivity contribution >= 4 is 17.3 Å². The average Bonchev–Trinajstić information content (AvgIpc) is 2.65. The smallest absolute Gasteiger partial charge is 0.221 e. The lowest BCUT2D eigenvalue weighted by atomic mass is 10.2. The summed E-state index contributed by atoms with van der Waals surface area (Å²) in [5.74, 6) is 0.725. The third-order valence-electron chi connectivity index (χ3n) is 4.78. The second kappa shape index (κ2) is 9.42. The minimum Gasteiger partial charge on any atom is -0.493 e. The highest BCUT2D eigenvalue weighted by Gasteiger charge is 2.16. The van der Waals surface area contributed by atoms with Crippen molar-refractivity contribution in [2.45, 2.75) is 20.3 Å². The van der Waals surface area contributed by atoms with Crippen molar-refractivity contribution in [3.63, 3.8) is 0 Å². The second-order valence-electron chi connectivity index (χ2n) is 7.08. The van der Waals surface area contributed by atoms with E-state index < -0.39 is 0 Å². The number of rotatable bonds is 7. The number of hydrogen-bond donors (Lipinski definition) is 1. The SMILES string of the molecule is CC(=O)Nc1cccc(OCCCN2CCN(c3cccc(C)c3)CC2)c1. The second-order valence-corrected chi connectivity index (χ2v) is 7.08. The minimum atomic E-state index is -0.0723. The molecule has 1 heterocycles. The Kier molecular flexibility index (Phi) is 6.71. The summed E-state index contributed by atoms with van der Waals surface area (Å²) < 4.78 is 5.83. The van der Waals surface area contributed by atoms with Gasteiger partial charge in [0.2, 0.25) is 5.91 Å². The number of nitrogens with zero attached hydrogens (tertiary/aromatic N) is 2. The predicted octanol–water partition coefficient (Wildman–Crippen LogP) is 3.54. The number of ether oxygens (including phenoxy) is 1. The number of nitrogens with one attached hydrogen (secondary N) is 1. The van der Waals surface area contributed by atoms with Crippen LogP contribution >= 0.6 is 0 Å². The molecule has 2 aromatic carbocycles. The van der Waals surface area contributed by atoms with Crippen LogP contribution in [0.2, 0.25) is 0 Å². The van der Waals surface area contributed by atoms with Gasteiger partial charge in [0, 0.05) is 57.1 Å². The standard InChI is InChI=1S/C22H29N3O2/c1-18-6-3-8-21(16-18)25-13-11-24(12-14-25)10-5-15-27-22-9-4-7-20(17-22)23-19(2)26/h3-4,6-9,16-17H,5,10-15H2,1-2H3,(H,23,26). The molecule has 0 radical (unpaired) electrons. The predicted molar refractivity (Wildman–Crippen MR) is 111 cm³/mol. The molecule has 27 heavy (non-hydrogen) atoms. The Bertz CT molecular complexity index is 755. The van der Waals surface area contributed by atoms with E-state index >= 15 is 0 Å². The van der Waals surface area contributed by atoms with Crippen molar-refractivity contribution < 1.29 is 9.53 Å². The summed E-state index contributed by atoms with van der Waals surface area (Å²) in [6, 6.07) is 16.3. The molecule has 1 amide bonds. The fourth-order valence-electron chi connectivity index (χ4n) is 3.40. The highest BCUT2D eigenvalue weighted by molar-refractivity contribution is 5.88. The van der Waals surface area contributed by atoms with Gasteiger partial charge >= 0.3 is 0 Å². The molecule has 0 atom stereocenters. The van der Waals surface area contributed by atoms with E-state index in [1.807, 2.05) is 24.3 Å². The normalized spacial score (nSPS) is 14.8. The Balaban J connectivity index is 1.36. The van der Waals surface area contributed by atoms with Crippen LogP contribution in [0.25, 0.3) is 0 Å². The van der Waals surface area contributed by atoms with Gasteiger partial charge in [-0.3, -0.25) is 9.69 Å². The number of amides is 1. The number of carbonyl (C=O) groups excluding carboxylic acids is 1. The van der Waals surface area contributed by atoms with Gasteiger partial charge in [-0.05, 0) is 43.2 Å². The molecule has 5 nitrogen and oxygen atoms in total. The van der Waals surface area contributed by atoms with Gasteiger partial charge in [-0.25, -0.2) is 0 Å². The van der Waals surface area contributed by atoms with Crippen LogP contribution in [0, 0.1) is 6.92 Å². The van der Waals surface area contributed by atoms with Crippen LogP contribution in [-0.4, -0.2) is 50.1 Å². The molecule has 0 spiro atoms. The van der Waals surface area contributed by atoms with Gasteiger partial charge < -0.3 is 15.0 Å². The Morgan fingerprint density at radius 1 is 1.07 bits per heavy atom. The fourth-order valence-corrected chi connectivity index (χ4v) is 3.40. The van der Waals surface area contributed by atoms with Crippen molar-refractivity contribution in [1.82, 2.24) is 4.90 Å². The Morgan fingerprint density at radius 2 is 1.85 bits per heavy atom. The summed E-state index contributed by atoms with van der Waals surface area (Å²) in [5.41, 5.74) is 3.42. The van der Waals surface area contributed by atoms with Crippen molar-refractivity contribution in [3.05, 3.63) is 54.1 Å². The first-order valence-corrected chi connectivity index (χ1v) is 9.64. The van der Waals surface area contributed by atoms with Gasteiger partial charge in [-0.2, -0.15) is 0 Å². The van der Waals surface area contributed by atoms with E-state index in [-0.39, 0.29) is 5.91 Å². The highest BCUT2D eigenvalue weighted by Crippen LogP contribution is 2.19. The zero-order valence-electron chi connectivity index (χ0n) is 16.3. The number of piperazine rings is 1. The maximum absolute atomic E-state index is 11.1. The van der Waals surface area contributed by atoms with Gasteiger partial charge in [0.25, 0.3) is 0 Å². The van der Waals surface area contributed by atoms with Crippen LogP contribution in [0.3, 0.4) is 0 Å². The number of hydrogen-bond acceptors (Lipinski definition) is 4. The number of aryl methyl sites for hydroxylation is 1. The van der Waals surface area contributed by atoms with Gasteiger partial charge in [0.15, 0.2) is 0 Å². The third kappa shape index (κ3) is 6.00. The van der Waals surface area contributed by atoms with E-state index in [2.05, 4.69) is 46.3 Å². The molecule has 1 aliphatic heterocycles. The molecule has 0 aliphatic carbocycles. The monoisotopic (exact) mass is 367 g/mol. The van der Waals surface area contributed by atoms with Gasteiger partial charge in [-0.1, -0.05) is 18.2 Å². The lowest BCUT2D eigenvalue weighted by molar-refractivity contribution is -0.114. The summed E-state index contributed by atoms with van der Waals surface area (Å²) in [5, 5.41) is 2.78. The van der Waals surface area contributed by atoms with E-state index in [9.17, 15) is 4.79 Å². The van der Waals surface area contributed by atoms with Crippen molar-refractivity contribution in [2.75, 3.05) is 49.5 Å². The maximum Gasteiger partial charge on any atom is 0.221 e.